The van der Waals surface area contributed by atoms with Gasteiger partial charge in [-0.05, 0) is 42.7 Å². The summed E-state index contributed by atoms with van der Waals surface area (Å²) in [6, 6.07) is 6.64. The van der Waals surface area contributed by atoms with Crippen LogP contribution in [0.2, 0.25) is 0 Å². The number of thiazole rings is 1. The molecule has 1 aromatic carbocycles. The van der Waals surface area contributed by atoms with Crippen molar-refractivity contribution >= 4 is 34.0 Å². The van der Waals surface area contributed by atoms with Crippen LogP contribution in [0.4, 0.5) is 10.8 Å². The van der Waals surface area contributed by atoms with E-state index in [4.69, 9.17) is 0 Å². The molecule has 0 aliphatic carbocycles. The summed E-state index contributed by atoms with van der Waals surface area (Å²) < 4.78 is 0. The minimum absolute atomic E-state index is 0.225. The topological polar surface area (TPSA) is 71.1 Å². The number of nitrogens with zero attached hydrogens (tertiary/aromatic N) is 1. The highest BCUT2D eigenvalue weighted by Crippen LogP contribution is 2.21. The Morgan fingerprint density at radius 1 is 1.26 bits per heavy atom. The number of anilines is 2. The third-order valence-corrected chi connectivity index (χ3v) is 3.92. The molecule has 0 spiro atoms. The van der Waals surface area contributed by atoms with E-state index in [9.17, 15) is 9.59 Å². The van der Waals surface area contributed by atoms with E-state index >= 15 is 0 Å². The molecule has 23 heavy (non-hydrogen) atoms. The number of nitrogens with one attached hydrogen (secondary N) is 2. The second-order valence-electron chi connectivity index (χ2n) is 5.45. The summed E-state index contributed by atoms with van der Waals surface area (Å²) in [6.07, 6.45) is 3.94. The minimum atomic E-state index is -0.289. The smallest absolute Gasteiger partial charge is 0.257 e. The summed E-state index contributed by atoms with van der Waals surface area (Å²) >= 11 is 1.49. The van der Waals surface area contributed by atoms with Gasteiger partial charge in [0, 0.05) is 22.3 Å². The molecule has 0 saturated carbocycles. The number of aromatic nitrogens is 1. The van der Waals surface area contributed by atoms with Gasteiger partial charge in [-0.2, -0.15) is 0 Å². The first kappa shape index (κ1) is 16.9. The Balaban J connectivity index is 1.99. The van der Waals surface area contributed by atoms with Crippen LogP contribution in [0.15, 0.2) is 43.1 Å². The largest absolute Gasteiger partial charge is 0.323 e. The van der Waals surface area contributed by atoms with E-state index in [1.165, 1.54) is 17.4 Å². The number of rotatable bonds is 6. The van der Waals surface area contributed by atoms with Crippen LogP contribution in [-0.2, 0) is 11.2 Å². The van der Waals surface area contributed by atoms with Gasteiger partial charge < -0.3 is 5.32 Å². The Bertz CT molecular complexity index is 705. The van der Waals surface area contributed by atoms with Crippen molar-refractivity contribution in [1.82, 2.24) is 4.98 Å². The van der Waals surface area contributed by atoms with E-state index in [1.807, 2.05) is 0 Å². The predicted octanol–water partition coefficient (Wildman–Crippen LogP) is 3.72. The average molecular weight is 329 g/mol. The molecule has 0 aliphatic heterocycles. The van der Waals surface area contributed by atoms with Crippen molar-refractivity contribution in [3.63, 3.8) is 0 Å². The third-order valence-electron chi connectivity index (χ3n) is 2.98. The summed E-state index contributed by atoms with van der Waals surface area (Å²) in [5.41, 5.74) is 1.11. The fourth-order valence-electron chi connectivity index (χ4n) is 1.93. The van der Waals surface area contributed by atoms with Crippen LogP contribution in [0.3, 0.4) is 0 Å². The molecule has 6 heteroatoms. The molecule has 0 aliphatic rings. The lowest BCUT2D eigenvalue weighted by atomic mass is 10.1. The minimum Gasteiger partial charge on any atom is -0.323 e. The molecule has 5 nitrogen and oxygen atoms in total. The van der Waals surface area contributed by atoms with Gasteiger partial charge >= 0.3 is 0 Å². The molecule has 2 N–H and O–H groups in total. The maximum Gasteiger partial charge on any atom is 0.257 e. The number of amides is 2. The first-order valence-corrected chi connectivity index (χ1v) is 8.09. The van der Waals surface area contributed by atoms with E-state index in [2.05, 4.69) is 36.0 Å². The standard InChI is InChI=1S/C17H19N3O2S/c1-4-15(21)19-13-7-5-12(6-8-13)16(22)20-17-18-10-14(23-17)9-11(2)3/h4-8,10-11H,1,9H2,2-3H3,(H,19,21)(H,18,20,22). The molecule has 0 atom stereocenters. The van der Waals surface area contributed by atoms with Gasteiger partial charge in [-0.3, -0.25) is 14.9 Å². The van der Waals surface area contributed by atoms with Gasteiger partial charge in [-0.15, -0.1) is 11.3 Å². The van der Waals surface area contributed by atoms with Crippen LogP contribution in [0, 0.1) is 5.92 Å². The Morgan fingerprint density at radius 3 is 2.57 bits per heavy atom. The Morgan fingerprint density at radius 2 is 1.96 bits per heavy atom. The van der Waals surface area contributed by atoms with Crippen molar-refractivity contribution in [2.75, 3.05) is 10.6 Å². The lowest BCUT2D eigenvalue weighted by molar-refractivity contribution is -0.111. The molecule has 0 saturated heterocycles. The molecule has 1 aromatic heterocycles. The van der Waals surface area contributed by atoms with Gasteiger partial charge in [0.25, 0.3) is 5.91 Å². The molecule has 120 valence electrons. The molecule has 2 rings (SSSR count). The van der Waals surface area contributed by atoms with Crippen LogP contribution >= 0.6 is 11.3 Å². The average Bonchev–Trinajstić information content (AvgIpc) is 2.94. The highest BCUT2D eigenvalue weighted by molar-refractivity contribution is 7.15. The van der Waals surface area contributed by atoms with E-state index in [0.717, 1.165) is 11.3 Å². The van der Waals surface area contributed by atoms with Gasteiger partial charge in [0.05, 0.1) is 0 Å². The summed E-state index contributed by atoms with van der Waals surface area (Å²) in [4.78, 5) is 28.8. The molecular formula is C17H19N3O2S. The van der Waals surface area contributed by atoms with Crippen LogP contribution in [0.1, 0.15) is 29.1 Å². The Hall–Kier alpha value is -2.47. The first-order chi connectivity index (χ1) is 11.0. The molecule has 0 radical (unpaired) electrons. The maximum absolute atomic E-state index is 12.2. The molecule has 2 aromatic rings. The second-order valence-corrected chi connectivity index (χ2v) is 6.57. The monoisotopic (exact) mass is 329 g/mol. The van der Waals surface area contributed by atoms with Crippen molar-refractivity contribution in [3.05, 3.63) is 53.6 Å². The van der Waals surface area contributed by atoms with Crippen LogP contribution < -0.4 is 10.6 Å². The zero-order chi connectivity index (χ0) is 16.8. The normalized spacial score (nSPS) is 10.4. The molecule has 1 heterocycles. The maximum atomic E-state index is 12.2. The lowest BCUT2D eigenvalue weighted by Gasteiger charge is -2.04. The number of carbonyl (C=O) groups excluding carboxylic acids is 2. The molecule has 2 amide bonds. The van der Waals surface area contributed by atoms with E-state index in [1.54, 1.807) is 30.5 Å². The number of benzene rings is 1. The zero-order valence-electron chi connectivity index (χ0n) is 13.1. The van der Waals surface area contributed by atoms with E-state index < -0.39 is 0 Å². The number of carbonyl (C=O) groups is 2. The summed E-state index contributed by atoms with van der Waals surface area (Å²) in [5.74, 6) is 0.0389. The molecule has 0 fully saturated rings. The van der Waals surface area contributed by atoms with Gasteiger partial charge in [-0.1, -0.05) is 20.4 Å². The lowest BCUT2D eigenvalue weighted by Crippen LogP contribution is -2.12. The predicted molar refractivity (Wildman–Crippen MR) is 93.9 cm³/mol. The highest BCUT2D eigenvalue weighted by Gasteiger charge is 2.10. The number of hydrogen-bond acceptors (Lipinski definition) is 4. The van der Waals surface area contributed by atoms with Crippen LogP contribution in [0.5, 0.6) is 0 Å². The van der Waals surface area contributed by atoms with Crippen molar-refractivity contribution < 1.29 is 9.59 Å². The first-order valence-electron chi connectivity index (χ1n) is 7.27. The Kier molecular flexibility index (Phi) is 5.65. The SMILES string of the molecule is C=CC(=O)Nc1ccc(C(=O)Nc2ncc(CC(C)C)s2)cc1. The summed E-state index contributed by atoms with van der Waals surface area (Å²) in [7, 11) is 0. The Labute approximate surface area is 139 Å². The van der Waals surface area contributed by atoms with Crippen molar-refractivity contribution in [1.29, 1.82) is 0 Å². The number of hydrogen-bond donors (Lipinski definition) is 2. The van der Waals surface area contributed by atoms with E-state index in [-0.39, 0.29) is 11.8 Å². The quantitative estimate of drug-likeness (QED) is 0.794. The van der Waals surface area contributed by atoms with Crippen molar-refractivity contribution in [2.24, 2.45) is 5.92 Å². The molecule has 0 bridgehead atoms. The van der Waals surface area contributed by atoms with Gasteiger partial charge in [-0.25, -0.2) is 4.98 Å². The van der Waals surface area contributed by atoms with Gasteiger partial charge in [0.15, 0.2) is 5.13 Å². The third kappa shape index (κ3) is 5.03. The zero-order valence-corrected chi connectivity index (χ0v) is 13.9. The van der Waals surface area contributed by atoms with Gasteiger partial charge in [0.2, 0.25) is 5.91 Å². The summed E-state index contributed by atoms with van der Waals surface area (Å²) in [5, 5.41) is 6.01. The second kappa shape index (κ2) is 7.69. The van der Waals surface area contributed by atoms with Crippen molar-refractivity contribution in [3.8, 4) is 0 Å². The van der Waals surface area contributed by atoms with Gasteiger partial charge in [0.1, 0.15) is 0 Å². The summed E-state index contributed by atoms with van der Waals surface area (Å²) in [6.45, 7) is 7.67. The molecule has 0 unspecified atom stereocenters. The fraction of sp³-hybridized carbons (Fsp3) is 0.235. The van der Waals surface area contributed by atoms with Crippen LogP contribution in [-0.4, -0.2) is 16.8 Å². The van der Waals surface area contributed by atoms with E-state index in [0.29, 0.717) is 22.3 Å². The fourth-order valence-corrected chi connectivity index (χ4v) is 2.95. The van der Waals surface area contributed by atoms with Crippen molar-refractivity contribution in [2.45, 2.75) is 20.3 Å². The molecular weight excluding hydrogens is 310 g/mol. The van der Waals surface area contributed by atoms with Crippen LogP contribution in [0.25, 0.3) is 0 Å². The highest BCUT2D eigenvalue weighted by atomic mass is 32.1.